The summed E-state index contributed by atoms with van der Waals surface area (Å²) in [4.78, 5) is 6.78. The lowest BCUT2D eigenvalue weighted by atomic mass is 9.80. The third-order valence-electron chi connectivity index (χ3n) is 4.89. The molecule has 1 aliphatic rings. The van der Waals surface area contributed by atoms with Crippen molar-refractivity contribution in [1.82, 2.24) is 9.88 Å². The molecule has 120 valence electrons. The Hall–Kier alpha value is -1.59. The Labute approximate surface area is 131 Å². The summed E-state index contributed by atoms with van der Waals surface area (Å²) in [5, 5.41) is 12.7. The number of rotatable bonds is 6. The number of aromatic nitrogens is 1. The molecule has 2 aromatic rings. The van der Waals surface area contributed by atoms with Crippen molar-refractivity contribution < 1.29 is 9.52 Å². The minimum Gasteiger partial charge on any atom is -0.424 e. The van der Waals surface area contributed by atoms with Gasteiger partial charge < -0.3 is 14.8 Å². The highest BCUT2D eigenvalue weighted by Gasteiger charge is 2.35. The molecule has 0 unspecified atom stereocenters. The number of likely N-dealkylation sites (N-methyl/N-ethyl adjacent to an activating group) is 1. The number of nitrogens with one attached hydrogen (secondary N) is 1. The first-order chi connectivity index (χ1) is 10.7. The Kier molecular flexibility index (Phi) is 4.64. The molecular formula is C17H25N3O2. The molecule has 0 bridgehead atoms. The molecule has 1 fully saturated rings. The monoisotopic (exact) mass is 303 g/mol. The van der Waals surface area contributed by atoms with Crippen LogP contribution in [0.25, 0.3) is 11.1 Å². The first-order valence-corrected chi connectivity index (χ1v) is 8.15. The predicted molar refractivity (Wildman–Crippen MR) is 88.0 cm³/mol. The zero-order valence-corrected chi connectivity index (χ0v) is 13.2. The smallest absolute Gasteiger partial charge is 0.295 e. The number of anilines is 1. The highest BCUT2D eigenvalue weighted by Crippen LogP contribution is 2.33. The minimum absolute atomic E-state index is 0.0850. The van der Waals surface area contributed by atoms with Gasteiger partial charge in [0.2, 0.25) is 0 Å². The highest BCUT2D eigenvalue weighted by molar-refractivity contribution is 5.74. The van der Waals surface area contributed by atoms with Crippen LogP contribution in [-0.2, 0) is 0 Å². The number of aliphatic hydroxyl groups excluding tert-OH is 1. The van der Waals surface area contributed by atoms with Gasteiger partial charge in [0.05, 0.1) is 6.61 Å². The molecule has 1 aliphatic carbocycles. The summed E-state index contributed by atoms with van der Waals surface area (Å²) >= 11 is 0. The molecule has 1 aromatic heterocycles. The molecule has 1 saturated carbocycles. The van der Waals surface area contributed by atoms with Crippen molar-refractivity contribution >= 4 is 17.1 Å². The largest absolute Gasteiger partial charge is 0.424 e. The molecular weight excluding hydrogens is 278 g/mol. The number of β-amino-alcohol motifs (C(OH)–C–C–N with tert-alkyl or cyclic N) is 1. The van der Waals surface area contributed by atoms with Crippen LogP contribution in [0.1, 0.15) is 32.1 Å². The van der Waals surface area contributed by atoms with Crippen LogP contribution in [-0.4, -0.2) is 47.3 Å². The molecule has 5 heteroatoms. The first kappa shape index (κ1) is 15.3. The van der Waals surface area contributed by atoms with Crippen LogP contribution in [0.2, 0.25) is 0 Å². The van der Waals surface area contributed by atoms with Crippen LogP contribution in [0.3, 0.4) is 0 Å². The van der Waals surface area contributed by atoms with Crippen molar-refractivity contribution in [3.05, 3.63) is 24.3 Å². The van der Waals surface area contributed by atoms with Gasteiger partial charge in [0, 0.05) is 18.6 Å². The van der Waals surface area contributed by atoms with E-state index in [0.29, 0.717) is 12.6 Å². The lowest BCUT2D eigenvalue weighted by molar-refractivity contribution is 0.0686. The Balaban J connectivity index is 1.72. The molecule has 22 heavy (non-hydrogen) atoms. The van der Waals surface area contributed by atoms with Crippen molar-refractivity contribution in [3.63, 3.8) is 0 Å². The SMILES string of the molecule is CN(CCO)C1(CNc2nc3ccccc3o2)CCCCC1. The van der Waals surface area contributed by atoms with E-state index in [1.54, 1.807) is 0 Å². The summed E-state index contributed by atoms with van der Waals surface area (Å²) in [5.41, 5.74) is 1.78. The number of hydrogen-bond acceptors (Lipinski definition) is 5. The number of fused-ring (bicyclic) bond motifs is 1. The van der Waals surface area contributed by atoms with Crippen molar-refractivity contribution in [2.45, 2.75) is 37.6 Å². The van der Waals surface area contributed by atoms with E-state index < -0.39 is 0 Å². The topological polar surface area (TPSA) is 61.5 Å². The highest BCUT2D eigenvalue weighted by atomic mass is 16.4. The summed E-state index contributed by atoms with van der Waals surface area (Å²) < 4.78 is 5.75. The molecule has 5 nitrogen and oxygen atoms in total. The quantitative estimate of drug-likeness (QED) is 0.859. The molecule has 3 rings (SSSR count). The van der Waals surface area contributed by atoms with E-state index in [0.717, 1.165) is 30.5 Å². The van der Waals surface area contributed by atoms with Gasteiger partial charge in [-0.1, -0.05) is 31.4 Å². The fraction of sp³-hybridized carbons (Fsp3) is 0.588. The van der Waals surface area contributed by atoms with Gasteiger partial charge >= 0.3 is 0 Å². The number of nitrogens with zero attached hydrogens (tertiary/aromatic N) is 2. The van der Waals surface area contributed by atoms with Crippen molar-refractivity contribution in [2.24, 2.45) is 0 Å². The van der Waals surface area contributed by atoms with Gasteiger partial charge in [-0.3, -0.25) is 4.90 Å². The Morgan fingerprint density at radius 3 is 2.77 bits per heavy atom. The Bertz CT molecular complexity index is 572. The van der Waals surface area contributed by atoms with Crippen LogP contribution in [0.4, 0.5) is 6.01 Å². The molecule has 0 spiro atoms. The molecule has 2 N–H and O–H groups in total. The lowest BCUT2D eigenvalue weighted by Crippen LogP contribution is -2.53. The zero-order valence-electron chi connectivity index (χ0n) is 13.2. The number of hydrogen-bond donors (Lipinski definition) is 2. The molecule has 1 aromatic carbocycles. The van der Waals surface area contributed by atoms with Gasteiger partial charge in [-0.15, -0.1) is 0 Å². The average Bonchev–Trinajstić information content (AvgIpc) is 2.97. The van der Waals surface area contributed by atoms with Crippen molar-refractivity contribution in [1.29, 1.82) is 0 Å². The zero-order chi connectivity index (χ0) is 15.4. The molecule has 0 aliphatic heterocycles. The second-order valence-electron chi connectivity index (χ2n) is 6.27. The van der Waals surface area contributed by atoms with Crippen LogP contribution < -0.4 is 5.32 Å². The molecule has 0 radical (unpaired) electrons. The summed E-state index contributed by atoms with van der Waals surface area (Å²) in [6, 6.07) is 8.39. The molecule has 1 heterocycles. The molecule has 0 atom stereocenters. The summed E-state index contributed by atoms with van der Waals surface area (Å²) in [5.74, 6) is 0. The molecule has 0 amide bonds. The third kappa shape index (κ3) is 3.10. The van der Waals surface area contributed by atoms with Crippen LogP contribution in [0.5, 0.6) is 0 Å². The summed E-state index contributed by atoms with van der Waals surface area (Å²) in [6.45, 7) is 1.70. The number of oxazole rings is 1. The standard InChI is InChI=1S/C17H25N3O2/c1-20(11-12-21)17(9-5-2-6-10-17)13-18-16-19-14-7-3-4-8-15(14)22-16/h3-4,7-8,21H,2,5-6,9-13H2,1H3,(H,18,19). The van der Waals surface area contributed by atoms with E-state index in [-0.39, 0.29) is 12.1 Å². The fourth-order valence-corrected chi connectivity index (χ4v) is 3.48. The van der Waals surface area contributed by atoms with Crippen molar-refractivity contribution in [3.8, 4) is 0 Å². The van der Waals surface area contributed by atoms with Gasteiger partial charge in [-0.25, -0.2) is 0 Å². The first-order valence-electron chi connectivity index (χ1n) is 8.15. The van der Waals surface area contributed by atoms with Crippen LogP contribution >= 0.6 is 0 Å². The molecule has 0 saturated heterocycles. The van der Waals surface area contributed by atoms with E-state index >= 15 is 0 Å². The summed E-state index contributed by atoms with van der Waals surface area (Å²) in [7, 11) is 2.11. The predicted octanol–water partition coefficient (Wildman–Crippen LogP) is 2.87. The summed E-state index contributed by atoms with van der Waals surface area (Å²) in [6.07, 6.45) is 6.08. The minimum atomic E-state index is 0.0850. The van der Waals surface area contributed by atoms with Gasteiger partial charge in [-0.2, -0.15) is 4.98 Å². The van der Waals surface area contributed by atoms with Gasteiger partial charge in [0.1, 0.15) is 5.52 Å². The van der Waals surface area contributed by atoms with Crippen LogP contribution in [0.15, 0.2) is 28.7 Å². The normalized spacial score (nSPS) is 18.0. The van der Waals surface area contributed by atoms with E-state index in [1.165, 1.54) is 19.3 Å². The van der Waals surface area contributed by atoms with Crippen LogP contribution in [0, 0.1) is 0 Å². The maximum atomic E-state index is 9.27. The second-order valence-corrected chi connectivity index (χ2v) is 6.27. The van der Waals surface area contributed by atoms with E-state index in [4.69, 9.17) is 4.42 Å². The number of para-hydroxylation sites is 2. The number of benzene rings is 1. The third-order valence-corrected chi connectivity index (χ3v) is 4.89. The lowest BCUT2D eigenvalue weighted by Gasteiger charge is -2.44. The van der Waals surface area contributed by atoms with Gasteiger partial charge in [-0.05, 0) is 32.0 Å². The van der Waals surface area contributed by atoms with E-state index in [2.05, 4.69) is 22.2 Å². The van der Waals surface area contributed by atoms with E-state index in [9.17, 15) is 5.11 Å². The van der Waals surface area contributed by atoms with E-state index in [1.807, 2.05) is 24.3 Å². The van der Waals surface area contributed by atoms with Gasteiger partial charge in [0.15, 0.2) is 5.58 Å². The Morgan fingerprint density at radius 1 is 1.27 bits per heavy atom. The maximum absolute atomic E-state index is 9.27. The van der Waals surface area contributed by atoms with Gasteiger partial charge in [0.25, 0.3) is 6.01 Å². The maximum Gasteiger partial charge on any atom is 0.295 e. The van der Waals surface area contributed by atoms with Crippen molar-refractivity contribution in [2.75, 3.05) is 32.1 Å². The fourth-order valence-electron chi connectivity index (χ4n) is 3.48. The second kappa shape index (κ2) is 6.67. The Morgan fingerprint density at radius 2 is 2.05 bits per heavy atom. The average molecular weight is 303 g/mol. The number of aliphatic hydroxyl groups is 1.